The molecule has 2 rings (SSSR count). The van der Waals surface area contributed by atoms with Crippen molar-refractivity contribution in [2.24, 2.45) is 7.05 Å². The predicted octanol–water partition coefficient (Wildman–Crippen LogP) is -0.314. The van der Waals surface area contributed by atoms with Crippen LogP contribution in [0.25, 0.3) is 0 Å². The number of rotatable bonds is 7. The van der Waals surface area contributed by atoms with Gasteiger partial charge in [-0.15, -0.1) is 0 Å². The number of amides is 1. The molecule has 158 valence electrons. The molecule has 1 heterocycles. The molecule has 0 spiro atoms. The number of aryl methyl sites for hydroxylation is 1. The van der Waals surface area contributed by atoms with Crippen molar-refractivity contribution in [2.75, 3.05) is 13.2 Å². The molecule has 1 aromatic carbocycles. The number of benzene rings is 1. The van der Waals surface area contributed by atoms with Crippen LogP contribution in [0.2, 0.25) is 0 Å². The molecule has 0 bridgehead atoms. The first-order valence-corrected chi connectivity index (χ1v) is 9.07. The maximum atomic E-state index is 13.7. The van der Waals surface area contributed by atoms with Crippen molar-refractivity contribution in [2.45, 2.75) is 19.4 Å². The maximum Gasteiger partial charge on any atom is 0.344 e. The molecule has 6 nitrogen and oxygen atoms in total. The largest absolute Gasteiger partial charge is 1.00 e. The molecule has 0 saturated heterocycles. The van der Waals surface area contributed by atoms with Gasteiger partial charge in [0.25, 0.3) is 5.91 Å². The van der Waals surface area contributed by atoms with Crippen LogP contribution in [-0.2, 0) is 16.6 Å². The molecule has 1 amide bonds. The summed E-state index contributed by atoms with van der Waals surface area (Å²) in [6.45, 7) is 2.54. The third-order valence-corrected chi connectivity index (χ3v) is 4.04. The highest BCUT2D eigenvalue weighted by atomic mass is 127. The van der Waals surface area contributed by atoms with Gasteiger partial charge in [-0.05, 0) is 26.0 Å². The van der Waals surface area contributed by atoms with Crippen molar-refractivity contribution >= 4 is 27.8 Å². The Morgan fingerprint density at radius 1 is 1.17 bits per heavy atom. The van der Waals surface area contributed by atoms with Crippen LogP contribution in [-0.4, -0.2) is 30.6 Å². The Labute approximate surface area is 192 Å². The van der Waals surface area contributed by atoms with Crippen molar-refractivity contribution in [1.29, 1.82) is 0 Å². The number of carbonyl (C=O) groups is 2. The summed E-state index contributed by atoms with van der Waals surface area (Å²) < 4.78 is 39.3. The molecular formula is C19H20BrF2IN2O4. The zero-order chi connectivity index (χ0) is 20.9. The van der Waals surface area contributed by atoms with Gasteiger partial charge >= 0.3 is 5.97 Å². The van der Waals surface area contributed by atoms with Crippen molar-refractivity contribution in [3.8, 4) is 5.75 Å². The molecule has 10 heteroatoms. The molecule has 0 aliphatic heterocycles. The van der Waals surface area contributed by atoms with Crippen LogP contribution < -0.4 is 38.6 Å². The third-order valence-electron chi connectivity index (χ3n) is 3.58. The first-order valence-electron chi connectivity index (χ1n) is 8.28. The van der Waals surface area contributed by atoms with E-state index < -0.39 is 35.5 Å². The second-order valence-electron chi connectivity index (χ2n) is 6.74. The number of carbonyl (C=O) groups excluding carboxylic acids is 2. The number of nitrogens with zero attached hydrogens (tertiary/aromatic N) is 1. The number of hydrogen-bond acceptors (Lipinski definition) is 4. The summed E-state index contributed by atoms with van der Waals surface area (Å²) in [5, 5.41) is 2.75. The van der Waals surface area contributed by atoms with Gasteiger partial charge in [0.1, 0.15) is 13.7 Å². The summed E-state index contributed by atoms with van der Waals surface area (Å²) in [6.07, 6.45) is 3.47. The lowest BCUT2D eigenvalue weighted by Crippen LogP contribution is -3.00. The summed E-state index contributed by atoms with van der Waals surface area (Å²) in [5.41, 5.74) is -0.402. The summed E-state index contributed by atoms with van der Waals surface area (Å²) >= 11 is 2.95. The average Bonchev–Trinajstić information content (AvgIpc) is 2.59. The van der Waals surface area contributed by atoms with E-state index in [2.05, 4.69) is 21.2 Å². The molecule has 29 heavy (non-hydrogen) atoms. The van der Waals surface area contributed by atoms with Crippen LogP contribution in [0.5, 0.6) is 5.75 Å². The predicted molar refractivity (Wildman–Crippen MR) is 99.7 cm³/mol. The maximum absolute atomic E-state index is 13.7. The fraction of sp³-hybridized carbons (Fsp3) is 0.316. The highest BCUT2D eigenvalue weighted by Crippen LogP contribution is 2.25. The van der Waals surface area contributed by atoms with Gasteiger partial charge in [-0.3, -0.25) is 4.79 Å². The number of nitrogens with one attached hydrogen (secondary N) is 1. The molecule has 0 saturated carbocycles. The molecular weight excluding hydrogens is 565 g/mol. The van der Waals surface area contributed by atoms with E-state index in [0.717, 1.165) is 12.1 Å². The van der Waals surface area contributed by atoms with Crippen molar-refractivity contribution in [3.63, 3.8) is 0 Å². The molecule has 0 radical (unpaired) electrons. The van der Waals surface area contributed by atoms with E-state index in [0.29, 0.717) is 5.56 Å². The van der Waals surface area contributed by atoms with Gasteiger partial charge in [0.2, 0.25) is 0 Å². The highest BCUT2D eigenvalue weighted by Gasteiger charge is 2.24. The van der Waals surface area contributed by atoms with E-state index in [-0.39, 0.29) is 41.0 Å². The fourth-order valence-electron chi connectivity index (χ4n) is 2.17. The van der Waals surface area contributed by atoms with Crippen LogP contribution in [0.15, 0.2) is 41.1 Å². The second-order valence-corrected chi connectivity index (χ2v) is 7.65. The molecule has 1 N–H and O–H groups in total. The minimum absolute atomic E-state index is 0. The van der Waals surface area contributed by atoms with Gasteiger partial charge in [0.15, 0.2) is 36.4 Å². The van der Waals surface area contributed by atoms with Gasteiger partial charge in [-0.2, -0.15) is 0 Å². The van der Waals surface area contributed by atoms with Crippen LogP contribution in [0, 0.1) is 11.6 Å². The van der Waals surface area contributed by atoms with Gasteiger partial charge in [-0.25, -0.2) is 18.1 Å². The summed E-state index contributed by atoms with van der Waals surface area (Å²) in [6, 6.07) is 5.36. The molecule has 0 unspecified atom stereocenters. The van der Waals surface area contributed by atoms with Gasteiger partial charge in [-0.1, -0.05) is 15.9 Å². The van der Waals surface area contributed by atoms with E-state index in [9.17, 15) is 18.4 Å². The second kappa shape index (κ2) is 10.8. The lowest BCUT2D eigenvalue weighted by molar-refractivity contribution is -0.671. The zero-order valence-corrected chi connectivity index (χ0v) is 19.7. The fourth-order valence-corrected chi connectivity index (χ4v) is 2.57. The first kappa shape index (κ1) is 25.2. The SMILES string of the molecule is C[n+]1ccc(C(=O)NC(C)(C)COC(=O)COc2c(F)cc(Br)cc2F)cc1.[I-]. The van der Waals surface area contributed by atoms with Crippen LogP contribution in [0.3, 0.4) is 0 Å². The Morgan fingerprint density at radius 2 is 1.72 bits per heavy atom. The van der Waals surface area contributed by atoms with Crippen molar-refractivity contribution in [1.82, 2.24) is 5.32 Å². The number of halogens is 4. The Kier molecular flexibility index (Phi) is 9.40. The van der Waals surface area contributed by atoms with Crippen LogP contribution >= 0.6 is 15.9 Å². The standard InChI is InChI=1S/C19H19BrF2N2O4.HI/c1-19(2,23-18(26)12-4-6-24(3)7-5-12)11-28-16(25)10-27-17-14(21)8-13(20)9-15(17)22;/h4-9H,10-11H2,1-3H3;1H. The minimum Gasteiger partial charge on any atom is -1.00 e. The number of hydrogen-bond donors (Lipinski definition) is 1. The Hall–Kier alpha value is -1.82. The number of aromatic nitrogens is 1. The summed E-state index contributed by atoms with van der Waals surface area (Å²) in [4.78, 5) is 24.1. The lowest BCUT2D eigenvalue weighted by Gasteiger charge is -2.25. The molecule has 1 aromatic heterocycles. The first-order chi connectivity index (χ1) is 13.1. The third kappa shape index (κ3) is 7.84. The van der Waals surface area contributed by atoms with Gasteiger partial charge in [0, 0.05) is 16.6 Å². The van der Waals surface area contributed by atoms with Crippen LogP contribution in [0.4, 0.5) is 8.78 Å². The number of esters is 1. The lowest BCUT2D eigenvalue weighted by atomic mass is 10.1. The zero-order valence-electron chi connectivity index (χ0n) is 16.0. The van der Waals surface area contributed by atoms with Crippen molar-refractivity contribution in [3.05, 3.63) is 58.3 Å². The minimum atomic E-state index is -0.941. The Morgan fingerprint density at radius 3 is 2.28 bits per heavy atom. The van der Waals surface area contributed by atoms with Gasteiger partial charge < -0.3 is 38.8 Å². The molecule has 0 aliphatic rings. The summed E-state index contributed by atoms with van der Waals surface area (Å²) in [5.74, 6) is -3.69. The Bertz CT molecular complexity index is 856. The number of pyridine rings is 1. The van der Waals surface area contributed by atoms with Crippen molar-refractivity contribution < 1.29 is 56.4 Å². The molecule has 0 aliphatic carbocycles. The average molecular weight is 585 g/mol. The molecule has 2 aromatic rings. The smallest absolute Gasteiger partial charge is 0.344 e. The van der Waals surface area contributed by atoms with E-state index in [1.54, 1.807) is 42.9 Å². The highest BCUT2D eigenvalue weighted by molar-refractivity contribution is 9.10. The number of ether oxygens (including phenoxy) is 2. The van der Waals surface area contributed by atoms with Gasteiger partial charge in [0.05, 0.1) is 11.1 Å². The van der Waals surface area contributed by atoms with Crippen LogP contribution in [0.1, 0.15) is 24.2 Å². The monoisotopic (exact) mass is 584 g/mol. The topological polar surface area (TPSA) is 68.5 Å². The quantitative estimate of drug-likeness (QED) is 0.275. The molecule has 0 fully saturated rings. The van der Waals surface area contributed by atoms with E-state index >= 15 is 0 Å². The van der Waals surface area contributed by atoms with E-state index in [1.165, 1.54) is 0 Å². The normalized spacial score (nSPS) is 10.7. The Balaban J connectivity index is 0.00000420. The molecule has 0 atom stereocenters. The van der Waals surface area contributed by atoms with E-state index in [1.807, 2.05) is 7.05 Å². The van der Waals surface area contributed by atoms with E-state index in [4.69, 9.17) is 9.47 Å². The summed E-state index contributed by atoms with van der Waals surface area (Å²) in [7, 11) is 1.83.